The molecule has 0 aliphatic rings. The number of rotatable bonds is 3. The van der Waals surface area contributed by atoms with Crippen molar-refractivity contribution >= 4 is 21.8 Å². The lowest BCUT2D eigenvalue weighted by Crippen LogP contribution is -2.33. The molecule has 0 aromatic carbocycles. The van der Waals surface area contributed by atoms with Gasteiger partial charge in [0.05, 0.1) is 11.4 Å². The van der Waals surface area contributed by atoms with Crippen LogP contribution >= 0.6 is 15.9 Å². The zero-order chi connectivity index (χ0) is 8.15. The predicted molar refractivity (Wildman–Crippen MR) is 43.1 cm³/mol. The normalized spacial score (nSPS) is 12.8. The lowest BCUT2D eigenvalue weighted by Gasteiger charge is -2.16. The van der Waals surface area contributed by atoms with Crippen LogP contribution in [0.5, 0.6) is 0 Å². The SMILES string of the molecule is CC(O)CN(C)C(=O)CBr. The molecular formula is C6H12BrNO2. The van der Waals surface area contributed by atoms with E-state index in [0.717, 1.165) is 0 Å². The van der Waals surface area contributed by atoms with Crippen LogP contribution in [0.4, 0.5) is 0 Å². The van der Waals surface area contributed by atoms with Crippen LogP contribution in [0.2, 0.25) is 0 Å². The number of carbonyl (C=O) groups is 1. The van der Waals surface area contributed by atoms with Crippen molar-refractivity contribution in [2.75, 3.05) is 18.9 Å². The first-order valence-electron chi connectivity index (χ1n) is 3.06. The van der Waals surface area contributed by atoms with Crippen molar-refractivity contribution in [3.8, 4) is 0 Å². The van der Waals surface area contributed by atoms with E-state index in [-0.39, 0.29) is 5.91 Å². The minimum Gasteiger partial charge on any atom is -0.392 e. The molecule has 10 heavy (non-hydrogen) atoms. The predicted octanol–water partition coefficient (Wildman–Crippen LogP) is 0.221. The molecule has 0 spiro atoms. The van der Waals surface area contributed by atoms with Crippen molar-refractivity contribution in [1.29, 1.82) is 0 Å². The summed E-state index contributed by atoms with van der Waals surface area (Å²) in [7, 11) is 1.66. The largest absolute Gasteiger partial charge is 0.392 e. The third kappa shape index (κ3) is 3.85. The molecule has 0 aromatic heterocycles. The first kappa shape index (κ1) is 9.91. The second kappa shape index (κ2) is 4.68. The maximum absolute atomic E-state index is 10.8. The summed E-state index contributed by atoms with van der Waals surface area (Å²) in [5.41, 5.74) is 0. The van der Waals surface area contributed by atoms with Gasteiger partial charge in [0.15, 0.2) is 0 Å². The van der Waals surface area contributed by atoms with E-state index in [9.17, 15) is 4.79 Å². The van der Waals surface area contributed by atoms with Crippen molar-refractivity contribution in [2.24, 2.45) is 0 Å². The van der Waals surface area contributed by atoms with Crippen LogP contribution in [0.25, 0.3) is 0 Å². The highest BCUT2D eigenvalue weighted by Gasteiger charge is 2.07. The number of alkyl halides is 1. The Morgan fingerprint density at radius 2 is 2.30 bits per heavy atom. The number of aliphatic hydroxyl groups is 1. The zero-order valence-corrected chi connectivity index (χ0v) is 7.76. The van der Waals surface area contributed by atoms with Crippen LogP contribution in [-0.4, -0.2) is 40.9 Å². The molecule has 0 fully saturated rings. The van der Waals surface area contributed by atoms with Crippen LogP contribution in [0, 0.1) is 0 Å². The van der Waals surface area contributed by atoms with E-state index in [2.05, 4.69) is 15.9 Å². The first-order chi connectivity index (χ1) is 4.57. The van der Waals surface area contributed by atoms with Crippen LogP contribution in [0.15, 0.2) is 0 Å². The third-order valence-corrected chi connectivity index (χ3v) is 1.56. The van der Waals surface area contributed by atoms with Gasteiger partial charge in [-0.05, 0) is 6.92 Å². The maximum Gasteiger partial charge on any atom is 0.233 e. The average Bonchev–Trinajstić information content (AvgIpc) is 1.85. The fourth-order valence-corrected chi connectivity index (χ4v) is 1.03. The van der Waals surface area contributed by atoms with Crippen LogP contribution in [0.3, 0.4) is 0 Å². The van der Waals surface area contributed by atoms with Crippen LogP contribution < -0.4 is 0 Å². The second-order valence-electron chi connectivity index (χ2n) is 2.26. The molecule has 3 nitrogen and oxygen atoms in total. The highest BCUT2D eigenvalue weighted by Crippen LogP contribution is 1.91. The second-order valence-corrected chi connectivity index (χ2v) is 2.82. The molecule has 0 aliphatic carbocycles. The molecule has 1 N–H and O–H groups in total. The highest BCUT2D eigenvalue weighted by molar-refractivity contribution is 9.09. The lowest BCUT2D eigenvalue weighted by molar-refractivity contribution is -0.128. The van der Waals surface area contributed by atoms with Crippen molar-refractivity contribution in [2.45, 2.75) is 13.0 Å². The number of hydrogen-bond donors (Lipinski definition) is 1. The molecule has 0 heterocycles. The molecule has 0 aliphatic heterocycles. The Morgan fingerprint density at radius 3 is 2.60 bits per heavy atom. The molecule has 0 rings (SSSR count). The summed E-state index contributed by atoms with van der Waals surface area (Å²) in [6.45, 7) is 2.04. The van der Waals surface area contributed by atoms with Gasteiger partial charge in [-0.3, -0.25) is 4.79 Å². The summed E-state index contributed by atoms with van der Waals surface area (Å²) in [6.07, 6.45) is -0.451. The van der Waals surface area contributed by atoms with Gasteiger partial charge in [-0.2, -0.15) is 0 Å². The van der Waals surface area contributed by atoms with E-state index < -0.39 is 6.10 Å². The van der Waals surface area contributed by atoms with Crippen molar-refractivity contribution in [1.82, 2.24) is 4.90 Å². The van der Waals surface area contributed by atoms with Gasteiger partial charge in [0.2, 0.25) is 5.91 Å². The fourth-order valence-electron chi connectivity index (χ4n) is 0.600. The van der Waals surface area contributed by atoms with E-state index in [1.807, 2.05) is 0 Å². The first-order valence-corrected chi connectivity index (χ1v) is 4.18. The number of nitrogens with zero attached hydrogens (tertiary/aromatic N) is 1. The number of carbonyl (C=O) groups excluding carboxylic acids is 1. The summed E-state index contributed by atoms with van der Waals surface area (Å²) in [4.78, 5) is 12.3. The number of likely N-dealkylation sites (N-methyl/N-ethyl adjacent to an activating group) is 1. The fraction of sp³-hybridized carbons (Fsp3) is 0.833. The van der Waals surface area contributed by atoms with Gasteiger partial charge in [0.1, 0.15) is 0 Å². The smallest absolute Gasteiger partial charge is 0.233 e. The molecule has 0 bridgehead atoms. The average molecular weight is 210 g/mol. The maximum atomic E-state index is 10.8. The molecule has 0 saturated heterocycles. The molecule has 1 unspecified atom stereocenters. The van der Waals surface area contributed by atoms with E-state index in [4.69, 9.17) is 5.11 Å². The van der Waals surface area contributed by atoms with E-state index in [1.165, 1.54) is 4.90 Å². The minimum atomic E-state index is -0.451. The molecule has 1 amide bonds. The molecule has 4 heteroatoms. The minimum absolute atomic E-state index is 0.0131. The summed E-state index contributed by atoms with van der Waals surface area (Å²) >= 11 is 3.03. The summed E-state index contributed by atoms with van der Waals surface area (Å²) < 4.78 is 0. The summed E-state index contributed by atoms with van der Waals surface area (Å²) in [5, 5.41) is 9.17. The van der Waals surface area contributed by atoms with Gasteiger partial charge in [0, 0.05) is 13.6 Å². The highest BCUT2D eigenvalue weighted by atomic mass is 79.9. The molecular weight excluding hydrogens is 198 g/mol. The van der Waals surface area contributed by atoms with Crippen LogP contribution in [-0.2, 0) is 4.79 Å². The molecule has 60 valence electrons. The van der Waals surface area contributed by atoms with Gasteiger partial charge in [-0.15, -0.1) is 0 Å². The Hall–Kier alpha value is -0.0900. The number of amides is 1. The quantitative estimate of drug-likeness (QED) is 0.677. The Kier molecular flexibility index (Phi) is 4.64. The standard InChI is InChI=1S/C6H12BrNO2/c1-5(9)4-8(2)6(10)3-7/h5,9H,3-4H2,1-2H3. The van der Waals surface area contributed by atoms with Crippen molar-refractivity contribution in [3.63, 3.8) is 0 Å². The van der Waals surface area contributed by atoms with E-state index >= 15 is 0 Å². The van der Waals surface area contributed by atoms with Gasteiger partial charge in [-0.25, -0.2) is 0 Å². The number of halogens is 1. The Bertz CT molecular complexity index is 116. The van der Waals surface area contributed by atoms with Crippen molar-refractivity contribution < 1.29 is 9.90 Å². The van der Waals surface area contributed by atoms with Gasteiger partial charge in [0.25, 0.3) is 0 Å². The number of hydrogen-bond acceptors (Lipinski definition) is 2. The molecule has 0 aromatic rings. The van der Waals surface area contributed by atoms with Gasteiger partial charge >= 0.3 is 0 Å². The summed E-state index contributed by atoms with van der Waals surface area (Å²) in [6, 6.07) is 0. The molecule has 0 radical (unpaired) electrons. The third-order valence-electron chi connectivity index (χ3n) is 1.08. The van der Waals surface area contributed by atoms with Crippen molar-refractivity contribution in [3.05, 3.63) is 0 Å². The lowest BCUT2D eigenvalue weighted by atomic mass is 10.4. The van der Waals surface area contributed by atoms with Gasteiger partial charge in [-0.1, -0.05) is 15.9 Å². The molecule has 0 saturated carbocycles. The Balaban J connectivity index is 3.61. The van der Waals surface area contributed by atoms with E-state index in [1.54, 1.807) is 14.0 Å². The Labute approximate surface area is 69.1 Å². The zero-order valence-electron chi connectivity index (χ0n) is 6.17. The topological polar surface area (TPSA) is 40.5 Å². The number of aliphatic hydroxyl groups excluding tert-OH is 1. The van der Waals surface area contributed by atoms with Crippen LogP contribution in [0.1, 0.15) is 6.92 Å². The van der Waals surface area contributed by atoms with Gasteiger partial charge < -0.3 is 10.0 Å². The van der Waals surface area contributed by atoms with E-state index in [0.29, 0.717) is 11.9 Å². The molecule has 1 atom stereocenters. The Morgan fingerprint density at radius 1 is 1.80 bits per heavy atom. The summed E-state index contributed by atoms with van der Waals surface area (Å²) in [5.74, 6) is -0.0131. The monoisotopic (exact) mass is 209 g/mol.